The van der Waals surface area contributed by atoms with Crippen LogP contribution >= 0.6 is 0 Å². The molecule has 0 fully saturated rings. The van der Waals surface area contributed by atoms with Crippen molar-refractivity contribution in [3.63, 3.8) is 0 Å². The highest BCUT2D eigenvalue weighted by molar-refractivity contribution is 5.39. The van der Waals surface area contributed by atoms with E-state index in [0.29, 0.717) is 5.75 Å². The third-order valence-electron chi connectivity index (χ3n) is 3.13. The first kappa shape index (κ1) is 10.4. The van der Waals surface area contributed by atoms with Crippen LogP contribution in [-0.2, 0) is 0 Å². The zero-order valence-corrected chi connectivity index (χ0v) is 9.09. The quantitative estimate of drug-likeness (QED) is 0.771. The van der Waals surface area contributed by atoms with E-state index in [-0.39, 0.29) is 17.5 Å². The molecule has 1 aliphatic heterocycles. The molecule has 0 spiro atoms. The normalized spacial score (nSPS) is 29.5. The van der Waals surface area contributed by atoms with Gasteiger partial charge in [-0.05, 0) is 19.4 Å². The molecule has 0 amide bonds. The highest BCUT2D eigenvalue weighted by atomic mass is 19.1. The maximum absolute atomic E-state index is 13.1. The van der Waals surface area contributed by atoms with Crippen LogP contribution in [0, 0.1) is 5.82 Å². The molecule has 2 unspecified atom stereocenters. The molecule has 82 valence electrons. The number of hydrogen-bond donors (Lipinski definition) is 1. The average molecular weight is 209 g/mol. The maximum Gasteiger partial charge on any atom is 0.127 e. The molecule has 0 radical (unpaired) electrons. The molecule has 3 heteroatoms. The highest BCUT2D eigenvalue weighted by Crippen LogP contribution is 2.39. The third-order valence-corrected chi connectivity index (χ3v) is 3.13. The van der Waals surface area contributed by atoms with Gasteiger partial charge in [0.2, 0.25) is 0 Å². The highest BCUT2D eigenvalue weighted by Gasteiger charge is 2.34. The van der Waals surface area contributed by atoms with Crippen molar-refractivity contribution < 1.29 is 9.13 Å². The summed E-state index contributed by atoms with van der Waals surface area (Å²) in [4.78, 5) is 0. The number of halogens is 1. The number of ether oxygens (including phenoxy) is 1. The fourth-order valence-corrected chi connectivity index (χ4v) is 2.00. The van der Waals surface area contributed by atoms with Crippen LogP contribution < -0.4 is 10.5 Å². The van der Waals surface area contributed by atoms with Crippen LogP contribution in [0.4, 0.5) is 4.39 Å². The van der Waals surface area contributed by atoms with E-state index in [1.807, 2.05) is 6.92 Å². The van der Waals surface area contributed by atoms with Crippen molar-refractivity contribution >= 4 is 0 Å². The number of benzene rings is 1. The largest absolute Gasteiger partial charge is 0.487 e. The van der Waals surface area contributed by atoms with Crippen LogP contribution in [0.3, 0.4) is 0 Å². The molecule has 1 aromatic carbocycles. The molecule has 1 heterocycles. The predicted molar refractivity (Wildman–Crippen MR) is 57.3 cm³/mol. The van der Waals surface area contributed by atoms with Crippen LogP contribution in [0.25, 0.3) is 0 Å². The minimum Gasteiger partial charge on any atom is -0.487 e. The Morgan fingerprint density at radius 2 is 2.33 bits per heavy atom. The van der Waals surface area contributed by atoms with Crippen LogP contribution in [0.5, 0.6) is 5.75 Å². The van der Waals surface area contributed by atoms with Crippen LogP contribution in [0.1, 0.15) is 38.3 Å². The van der Waals surface area contributed by atoms with Crippen LogP contribution in [0.2, 0.25) is 0 Å². The summed E-state index contributed by atoms with van der Waals surface area (Å²) in [5.41, 5.74) is 6.69. The Morgan fingerprint density at radius 3 is 3.00 bits per heavy atom. The SMILES string of the molecule is CCC1(C)CC(N)c2ccc(F)cc2O1. The third kappa shape index (κ3) is 1.84. The minimum atomic E-state index is -0.277. The van der Waals surface area contributed by atoms with Gasteiger partial charge in [-0.15, -0.1) is 0 Å². The molecule has 0 aromatic heterocycles. The van der Waals surface area contributed by atoms with Gasteiger partial charge in [0.1, 0.15) is 17.2 Å². The van der Waals surface area contributed by atoms with E-state index in [9.17, 15) is 4.39 Å². The molecule has 15 heavy (non-hydrogen) atoms. The Morgan fingerprint density at radius 1 is 1.60 bits per heavy atom. The second-order valence-corrected chi connectivity index (χ2v) is 4.40. The van der Waals surface area contributed by atoms with Crippen LogP contribution in [0.15, 0.2) is 18.2 Å². The van der Waals surface area contributed by atoms with Crippen molar-refractivity contribution in [1.29, 1.82) is 0 Å². The summed E-state index contributed by atoms with van der Waals surface area (Å²) in [7, 11) is 0. The van der Waals surface area contributed by atoms with Crippen molar-refractivity contribution in [2.75, 3.05) is 0 Å². The standard InChI is InChI=1S/C12H16FNO/c1-3-12(2)7-10(14)9-5-4-8(13)6-11(9)15-12/h4-6,10H,3,7,14H2,1-2H3. The van der Waals surface area contributed by atoms with Gasteiger partial charge in [-0.1, -0.05) is 13.0 Å². The smallest absolute Gasteiger partial charge is 0.127 e. The van der Waals surface area contributed by atoms with Gasteiger partial charge in [-0.3, -0.25) is 0 Å². The minimum absolute atomic E-state index is 0.0562. The maximum atomic E-state index is 13.1. The lowest BCUT2D eigenvalue weighted by molar-refractivity contribution is 0.0499. The number of fused-ring (bicyclic) bond motifs is 1. The molecule has 2 N–H and O–H groups in total. The van der Waals surface area contributed by atoms with Gasteiger partial charge in [0.15, 0.2) is 0 Å². The van der Waals surface area contributed by atoms with Crippen molar-refractivity contribution in [2.24, 2.45) is 5.73 Å². The molecular formula is C12H16FNO. The van der Waals surface area contributed by atoms with E-state index in [4.69, 9.17) is 10.5 Å². The van der Waals surface area contributed by atoms with Gasteiger partial charge in [0, 0.05) is 24.1 Å². The number of nitrogens with two attached hydrogens (primary N) is 1. The summed E-state index contributed by atoms with van der Waals surface area (Å²) in [5, 5.41) is 0. The monoisotopic (exact) mass is 209 g/mol. The summed E-state index contributed by atoms with van der Waals surface area (Å²) >= 11 is 0. The lowest BCUT2D eigenvalue weighted by atomic mass is 9.87. The summed E-state index contributed by atoms with van der Waals surface area (Å²) in [6.07, 6.45) is 1.65. The lowest BCUT2D eigenvalue weighted by Gasteiger charge is -2.38. The van der Waals surface area contributed by atoms with Gasteiger partial charge < -0.3 is 10.5 Å². The zero-order chi connectivity index (χ0) is 11.1. The topological polar surface area (TPSA) is 35.2 Å². The molecule has 2 atom stereocenters. The van der Waals surface area contributed by atoms with E-state index < -0.39 is 0 Å². The molecular weight excluding hydrogens is 193 g/mol. The fraction of sp³-hybridized carbons (Fsp3) is 0.500. The molecule has 0 saturated carbocycles. The second-order valence-electron chi connectivity index (χ2n) is 4.40. The van der Waals surface area contributed by atoms with E-state index in [1.54, 1.807) is 6.07 Å². The predicted octanol–water partition coefficient (Wildman–Crippen LogP) is 2.78. The first-order valence-corrected chi connectivity index (χ1v) is 5.28. The first-order valence-electron chi connectivity index (χ1n) is 5.28. The average Bonchev–Trinajstić information content (AvgIpc) is 2.16. The van der Waals surface area contributed by atoms with E-state index >= 15 is 0 Å². The Hall–Kier alpha value is -1.09. The zero-order valence-electron chi connectivity index (χ0n) is 9.09. The van der Waals surface area contributed by atoms with Crippen molar-refractivity contribution in [2.45, 2.75) is 38.3 Å². The van der Waals surface area contributed by atoms with Gasteiger partial charge >= 0.3 is 0 Å². The summed E-state index contributed by atoms with van der Waals surface area (Å²) in [6, 6.07) is 4.50. The Labute approximate surface area is 89.2 Å². The van der Waals surface area contributed by atoms with Gasteiger partial charge in [0.05, 0.1) is 0 Å². The molecule has 1 aromatic rings. The van der Waals surface area contributed by atoms with E-state index in [2.05, 4.69) is 6.92 Å². The van der Waals surface area contributed by atoms with Gasteiger partial charge in [0.25, 0.3) is 0 Å². The van der Waals surface area contributed by atoms with Crippen molar-refractivity contribution in [3.8, 4) is 5.75 Å². The Balaban J connectivity index is 2.41. The first-order chi connectivity index (χ1) is 7.04. The molecule has 1 aliphatic rings. The fourth-order valence-electron chi connectivity index (χ4n) is 2.00. The summed E-state index contributed by atoms with van der Waals surface area (Å²) < 4.78 is 18.9. The lowest BCUT2D eigenvalue weighted by Crippen LogP contribution is -2.39. The van der Waals surface area contributed by atoms with Gasteiger partial charge in [-0.25, -0.2) is 4.39 Å². The molecule has 2 nitrogen and oxygen atoms in total. The Kier molecular flexibility index (Phi) is 2.43. The number of rotatable bonds is 1. The van der Waals surface area contributed by atoms with Crippen molar-refractivity contribution in [3.05, 3.63) is 29.6 Å². The van der Waals surface area contributed by atoms with Crippen LogP contribution in [-0.4, -0.2) is 5.60 Å². The molecule has 2 rings (SSSR count). The second kappa shape index (κ2) is 3.49. The van der Waals surface area contributed by atoms with E-state index in [1.165, 1.54) is 12.1 Å². The molecule has 0 aliphatic carbocycles. The molecule has 0 bridgehead atoms. The van der Waals surface area contributed by atoms with Gasteiger partial charge in [-0.2, -0.15) is 0 Å². The van der Waals surface area contributed by atoms with E-state index in [0.717, 1.165) is 18.4 Å². The number of hydrogen-bond acceptors (Lipinski definition) is 2. The summed E-state index contributed by atoms with van der Waals surface area (Å²) in [5.74, 6) is 0.319. The summed E-state index contributed by atoms with van der Waals surface area (Å²) in [6.45, 7) is 4.07. The Bertz CT molecular complexity index is 380. The molecule has 0 saturated heterocycles. The van der Waals surface area contributed by atoms with Crippen molar-refractivity contribution in [1.82, 2.24) is 0 Å².